The van der Waals surface area contributed by atoms with Gasteiger partial charge < -0.3 is 4.52 Å². The Morgan fingerprint density at radius 2 is 2.29 bits per heavy atom. The van der Waals surface area contributed by atoms with E-state index in [0.717, 1.165) is 5.56 Å². The molecule has 0 amide bonds. The van der Waals surface area contributed by atoms with Gasteiger partial charge in [0.25, 0.3) is 0 Å². The lowest BCUT2D eigenvalue weighted by atomic mass is 10.2. The minimum Gasteiger partial charge on any atom is -0.354 e. The van der Waals surface area contributed by atoms with E-state index >= 15 is 0 Å². The van der Waals surface area contributed by atoms with Crippen LogP contribution in [0, 0.1) is 17.0 Å². The van der Waals surface area contributed by atoms with Gasteiger partial charge in [-0.3, -0.25) is 15.1 Å². The third-order valence-electron chi connectivity index (χ3n) is 2.16. The van der Waals surface area contributed by atoms with Crippen LogP contribution in [0.25, 0.3) is 12.2 Å². The molecule has 0 aliphatic carbocycles. The van der Waals surface area contributed by atoms with Crippen LogP contribution in [0.3, 0.4) is 0 Å². The van der Waals surface area contributed by atoms with Crippen molar-refractivity contribution in [2.45, 2.75) is 6.92 Å². The van der Waals surface area contributed by atoms with Gasteiger partial charge in [-0.1, -0.05) is 17.3 Å². The molecule has 0 aliphatic rings. The molecule has 86 valence electrons. The van der Waals surface area contributed by atoms with E-state index in [-0.39, 0.29) is 17.1 Å². The minimum atomic E-state index is -0.505. The van der Waals surface area contributed by atoms with Gasteiger partial charge >= 0.3 is 5.69 Å². The van der Waals surface area contributed by atoms with E-state index in [0.29, 0.717) is 0 Å². The fourth-order valence-electron chi connectivity index (χ4n) is 1.37. The summed E-state index contributed by atoms with van der Waals surface area (Å²) in [6.45, 7) is 1.51. The van der Waals surface area contributed by atoms with Gasteiger partial charge in [0.2, 0.25) is 5.76 Å². The van der Waals surface area contributed by atoms with Crippen molar-refractivity contribution < 1.29 is 9.45 Å². The zero-order chi connectivity index (χ0) is 12.3. The van der Waals surface area contributed by atoms with Crippen LogP contribution >= 0.6 is 0 Å². The quantitative estimate of drug-likeness (QED) is 0.598. The second kappa shape index (κ2) is 4.56. The van der Waals surface area contributed by atoms with Crippen LogP contribution < -0.4 is 0 Å². The number of rotatable bonds is 3. The summed E-state index contributed by atoms with van der Waals surface area (Å²) in [7, 11) is 0. The zero-order valence-electron chi connectivity index (χ0n) is 9.03. The zero-order valence-corrected chi connectivity index (χ0v) is 9.03. The standard InChI is InChI=1S/C11H9N3O3/c1-8-11(14(15)16)10(13-17-8)5-4-9-3-2-6-12-7-9/h2-7H,1H3/b5-4+. The number of hydrogen-bond acceptors (Lipinski definition) is 5. The Morgan fingerprint density at radius 1 is 1.47 bits per heavy atom. The van der Waals surface area contributed by atoms with E-state index in [1.807, 2.05) is 6.07 Å². The fraction of sp³-hybridized carbons (Fsp3) is 0.0909. The lowest BCUT2D eigenvalue weighted by Crippen LogP contribution is -1.90. The Kier molecular flexibility index (Phi) is 2.95. The van der Waals surface area contributed by atoms with Gasteiger partial charge in [-0.15, -0.1) is 0 Å². The van der Waals surface area contributed by atoms with Gasteiger partial charge in [0, 0.05) is 19.3 Å². The number of aryl methyl sites for hydroxylation is 1. The molecule has 2 rings (SSSR count). The third kappa shape index (κ3) is 2.36. The Hall–Kier alpha value is -2.50. The number of aromatic nitrogens is 2. The van der Waals surface area contributed by atoms with Crippen molar-refractivity contribution >= 4 is 17.8 Å². The summed E-state index contributed by atoms with van der Waals surface area (Å²) in [5.41, 5.74) is 0.934. The minimum absolute atomic E-state index is 0.106. The summed E-state index contributed by atoms with van der Waals surface area (Å²) >= 11 is 0. The van der Waals surface area contributed by atoms with Crippen molar-refractivity contribution in [3.8, 4) is 0 Å². The highest BCUT2D eigenvalue weighted by Gasteiger charge is 2.21. The van der Waals surface area contributed by atoms with E-state index < -0.39 is 4.92 Å². The first-order chi connectivity index (χ1) is 8.18. The first-order valence-corrected chi connectivity index (χ1v) is 4.87. The highest BCUT2D eigenvalue weighted by atomic mass is 16.6. The SMILES string of the molecule is Cc1onc(/C=C/c2cccnc2)c1[N+](=O)[O-]. The molecule has 2 aromatic rings. The molecule has 0 fully saturated rings. The van der Waals surface area contributed by atoms with Gasteiger partial charge in [0.05, 0.1) is 4.92 Å². The lowest BCUT2D eigenvalue weighted by Gasteiger charge is -1.89. The molecular formula is C11H9N3O3. The van der Waals surface area contributed by atoms with Crippen LogP contribution in [0.4, 0.5) is 5.69 Å². The van der Waals surface area contributed by atoms with E-state index in [1.165, 1.54) is 13.0 Å². The smallest absolute Gasteiger partial charge is 0.338 e. The maximum absolute atomic E-state index is 10.8. The molecule has 0 aromatic carbocycles. The molecule has 0 aliphatic heterocycles. The Balaban J connectivity index is 2.31. The van der Waals surface area contributed by atoms with E-state index in [1.54, 1.807) is 24.5 Å². The van der Waals surface area contributed by atoms with E-state index in [4.69, 9.17) is 4.52 Å². The Morgan fingerprint density at radius 3 is 2.94 bits per heavy atom. The summed E-state index contributed by atoms with van der Waals surface area (Å²) in [4.78, 5) is 14.2. The van der Waals surface area contributed by atoms with Gasteiger partial charge in [0.1, 0.15) is 0 Å². The van der Waals surface area contributed by atoms with Gasteiger partial charge in [-0.05, 0) is 17.7 Å². The maximum atomic E-state index is 10.8. The largest absolute Gasteiger partial charge is 0.354 e. The maximum Gasteiger partial charge on any atom is 0.338 e. The summed E-state index contributed by atoms with van der Waals surface area (Å²) in [6.07, 6.45) is 6.53. The predicted molar refractivity (Wildman–Crippen MR) is 61.1 cm³/mol. The topological polar surface area (TPSA) is 82.1 Å². The molecule has 0 unspecified atom stereocenters. The van der Waals surface area contributed by atoms with Crippen LogP contribution in [0.15, 0.2) is 29.0 Å². The van der Waals surface area contributed by atoms with Crippen LogP contribution in [0.5, 0.6) is 0 Å². The molecule has 2 heterocycles. The number of hydrogen-bond donors (Lipinski definition) is 0. The van der Waals surface area contributed by atoms with Crippen LogP contribution in [-0.4, -0.2) is 15.1 Å². The normalized spacial score (nSPS) is 10.9. The monoisotopic (exact) mass is 231 g/mol. The summed E-state index contributed by atoms with van der Waals surface area (Å²) in [6, 6.07) is 3.62. The van der Waals surface area contributed by atoms with Crippen molar-refractivity contribution in [3.63, 3.8) is 0 Å². The second-order valence-corrected chi connectivity index (χ2v) is 3.35. The molecule has 0 N–H and O–H groups in total. The molecule has 17 heavy (non-hydrogen) atoms. The predicted octanol–water partition coefficient (Wildman–Crippen LogP) is 2.46. The third-order valence-corrected chi connectivity index (χ3v) is 2.16. The molecular weight excluding hydrogens is 222 g/mol. The van der Waals surface area contributed by atoms with Crippen molar-refractivity contribution in [2.75, 3.05) is 0 Å². The molecule has 0 radical (unpaired) electrons. The first kappa shape index (κ1) is 11.0. The van der Waals surface area contributed by atoms with Gasteiger partial charge in [-0.25, -0.2) is 0 Å². The average molecular weight is 231 g/mol. The van der Waals surface area contributed by atoms with E-state index in [2.05, 4.69) is 10.1 Å². The van der Waals surface area contributed by atoms with Crippen molar-refractivity contribution in [2.24, 2.45) is 0 Å². The number of pyridine rings is 1. The Labute approximate surface area is 96.7 Å². The van der Waals surface area contributed by atoms with Crippen LogP contribution in [0.1, 0.15) is 17.0 Å². The highest BCUT2D eigenvalue weighted by Crippen LogP contribution is 2.23. The molecule has 0 saturated carbocycles. The summed E-state index contributed by atoms with van der Waals surface area (Å²) in [5.74, 6) is 0.195. The fourth-order valence-corrected chi connectivity index (χ4v) is 1.37. The molecule has 0 spiro atoms. The lowest BCUT2D eigenvalue weighted by molar-refractivity contribution is -0.386. The average Bonchev–Trinajstić information content (AvgIpc) is 2.69. The van der Waals surface area contributed by atoms with Crippen LogP contribution in [0.2, 0.25) is 0 Å². The van der Waals surface area contributed by atoms with Crippen molar-refractivity contribution in [3.05, 3.63) is 51.7 Å². The number of nitro groups is 1. The molecule has 0 saturated heterocycles. The molecule has 2 aromatic heterocycles. The molecule has 6 nitrogen and oxygen atoms in total. The first-order valence-electron chi connectivity index (χ1n) is 4.87. The Bertz CT molecular complexity index is 561. The highest BCUT2D eigenvalue weighted by molar-refractivity contribution is 5.71. The number of nitrogens with zero attached hydrogens (tertiary/aromatic N) is 3. The van der Waals surface area contributed by atoms with Gasteiger partial charge in [0.15, 0.2) is 5.69 Å². The van der Waals surface area contributed by atoms with Crippen LogP contribution in [-0.2, 0) is 0 Å². The summed E-state index contributed by atoms with van der Waals surface area (Å²) in [5, 5.41) is 14.4. The van der Waals surface area contributed by atoms with Crippen molar-refractivity contribution in [1.29, 1.82) is 0 Å². The molecule has 0 bridgehead atoms. The molecule has 6 heteroatoms. The van der Waals surface area contributed by atoms with Gasteiger partial charge in [-0.2, -0.15) is 0 Å². The van der Waals surface area contributed by atoms with Crippen molar-refractivity contribution in [1.82, 2.24) is 10.1 Å². The summed E-state index contributed by atoms with van der Waals surface area (Å²) < 4.78 is 4.79. The molecule has 0 atom stereocenters. The second-order valence-electron chi connectivity index (χ2n) is 3.35. The van der Waals surface area contributed by atoms with E-state index in [9.17, 15) is 10.1 Å².